The van der Waals surface area contributed by atoms with Crippen LogP contribution in [-0.4, -0.2) is 22.7 Å². The van der Waals surface area contributed by atoms with Crippen molar-refractivity contribution < 1.29 is 102 Å². The lowest BCUT2D eigenvalue weighted by atomic mass is 9.12. The maximum absolute atomic E-state index is 15.4. The fourth-order valence-electron chi connectivity index (χ4n) is 6.64. The van der Waals surface area contributed by atoms with E-state index >= 15 is 35.1 Å². The van der Waals surface area contributed by atoms with Crippen LogP contribution in [0.25, 0.3) is 0 Å². The molecule has 0 amide bonds. The summed E-state index contributed by atoms with van der Waals surface area (Å²) in [6, 6.07) is 10.0. The average Bonchev–Trinajstić information content (AvgIpc) is 3.26. The maximum atomic E-state index is 15.4. The monoisotopic (exact) mass is 950 g/mol. The summed E-state index contributed by atoms with van der Waals surface area (Å²) in [5, 5.41) is 0. The highest BCUT2D eigenvalue weighted by molar-refractivity contribution is 7.20. The molecule has 0 spiro atoms. The van der Waals surface area contributed by atoms with Crippen molar-refractivity contribution in [3.8, 4) is 0 Å². The number of benzene rings is 5. The van der Waals surface area contributed by atoms with Crippen LogP contribution in [0, 0.1) is 116 Å². The Morgan fingerprint density at radius 3 is 1.03 bits per heavy atom. The minimum Gasteiger partial charge on any atom is -0.455 e. The number of esters is 1. The van der Waals surface area contributed by atoms with E-state index in [0.29, 0.717) is 12.2 Å². The topological polar surface area (TPSA) is 43.1 Å². The third-order valence-electron chi connectivity index (χ3n) is 9.28. The molecular formula is C40H19BF20N2O2. The lowest BCUT2D eigenvalue weighted by molar-refractivity contribution is -0.689. The lowest BCUT2D eigenvalue weighted by Crippen LogP contribution is -2.81. The molecule has 0 aliphatic rings. The Bertz CT molecular complexity index is 2510. The van der Waals surface area contributed by atoms with Gasteiger partial charge in [0.1, 0.15) is 58.3 Å². The molecule has 0 fully saturated rings. The molecule has 0 aliphatic carbocycles. The largest absolute Gasteiger partial charge is 0.455 e. The molecule has 1 aromatic heterocycles. The zero-order chi connectivity index (χ0) is 48.9. The average molecular weight is 950 g/mol. The fourth-order valence-corrected chi connectivity index (χ4v) is 6.64. The molecule has 5 aromatic carbocycles. The van der Waals surface area contributed by atoms with Crippen molar-refractivity contribution in [3.05, 3.63) is 177 Å². The first kappa shape index (κ1) is 49.3. The van der Waals surface area contributed by atoms with E-state index < -0.39 is 156 Å². The summed E-state index contributed by atoms with van der Waals surface area (Å²) in [6.45, 7) is 6.21. The Labute approximate surface area is 350 Å². The summed E-state index contributed by atoms with van der Waals surface area (Å²) < 4.78 is 301. The summed E-state index contributed by atoms with van der Waals surface area (Å²) in [7, 11) is 0. The van der Waals surface area contributed by atoms with Crippen LogP contribution < -0.4 is 26.4 Å². The van der Waals surface area contributed by atoms with Gasteiger partial charge in [-0.3, -0.25) is 0 Å². The molecule has 6 aromatic rings. The summed E-state index contributed by atoms with van der Waals surface area (Å²) in [6.07, 6.45) is -2.06. The van der Waals surface area contributed by atoms with Crippen LogP contribution in [-0.2, 0) is 11.3 Å². The molecule has 0 aliphatic heterocycles. The van der Waals surface area contributed by atoms with Crippen LogP contribution in [0.1, 0.15) is 36.8 Å². The van der Waals surface area contributed by atoms with Crippen molar-refractivity contribution in [1.82, 2.24) is 4.98 Å². The van der Waals surface area contributed by atoms with Crippen LogP contribution in [0.3, 0.4) is 0 Å². The van der Waals surface area contributed by atoms with E-state index in [-0.39, 0.29) is 0 Å². The molecule has 0 unspecified atom stereocenters. The van der Waals surface area contributed by atoms with Gasteiger partial charge in [-0.2, -0.15) is 4.57 Å². The van der Waals surface area contributed by atoms with Crippen LogP contribution >= 0.6 is 0 Å². The van der Waals surface area contributed by atoms with Gasteiger partial charge in [-0.15, -0.1) is 21.9 Å². The van der Waals surface area contributed by atoms with Crippen LogP contribution in [0.5, 0.6) is 0 Å². The highest BCUT2D eigenvalue weighted by atomic mass is 19.2. The molecule has 0 saturated heterocycles. The van der Waals surface area contributed by atoms with E-state index in [0.717, 1.165) is 0 Å². The predicted octanol–water partition coefficient (Wildman–Crippen LogP) is 8.22. The Hall–Kier alpha value is -6.69. The van der Waals surface area contributed by atoms with E-state index in [2.05, 4.69) is 4.98 Å². The molecule has 0 saturated carbocycles. The zero-order valence-electron chi connectivity index (χ0n) is 32.2. The molecule has 0 N–H and O–H groups in total. The predicted molar refractivity (Wildman–Crippen MR) is 184 cm³/mol. The SMILES string of the molecule is CC(C)(C)OC(=O)c1c[n+](Cc2ccccc2)ccn1.Fc1c(F)c(F)c([B-](c2c(F)c(F)c(F)c(F)c2F)(c2c(F)c(F)c(F)c(F)c2F)c2c(F)c(F)c(F)c(F)c2F)c(F)c1F. The minimum atomic E-state index is -7.22. The van der Waals surface area contributed by atoms with Gasteiger partial charge in [0.2, 0.25) is 11.9 Å². The van der Waals surface area contributed by atoms with Crippen LogP contribution in [0.15, 0.2) is 48.9 Å². The molecule has 4 nitrogen and oxygen atoms in total. The van der Waals surface area contributed by atoms with E-state index in [4.69, 9.17) is 4.74 Å². The number of carbonyl (C=O) groups is 1. The molecule has 1 heterocycles. The normalized spacial score (nSPS) is 11.7. The minimum absolute atomic E-state index is 0.318. The number of ether oxygens (including phenoxy) is 1. The fraction of sp³-hybridized carbons (Fsp3) is 0.125. The smallest absolute Gasteiger partial charge is 0.363 e. The Morgan fingerprint density at radius 1 is 0.477 bits per heavy atom. The zero-order valence-corrected chi connectivity index (χ0v) is 32.2. The summed E-state index contributed by atoms with van der Waals surface area (Å²) in [5.74, 6) is -71.8. The standard InChI is InChI=1S/C24BF20.C16H19N2O2/c26-5-1(6(27)14(35)21(42)13(5)34)25(2-7(28)15(36)22(43)16(37)8(2)29,3-9(30)17(38)23(44)18(39)10(3)31)4-11(32)19(40)24(45)20(41)12(4)33;1-16(2,3)20-15(19)14-12-18(10-9-17-14)11-13-7-5-4-6-8-13/h;4-10,12H,11H2,1-3H3/q-1;+1. The molecule has 0 radical (unpaired) electrons. The van der Waals surface area contributed by atoms with Gasteiger partial charge in [-0.25, -0.2) is 97.6 Å². The van der Waals surface area contributed by atoms with Gasteiger partial charge in [0.25, 0.3) is 0 Å². The molecule has 6 rings (SSSR count). The molecule has 65 heavy (non-hydrogen) atoms. The van der Waals surface area contributed by atoms with Crippen molar-refractivity contribution in [1.29, 1.82) is 0 Å². The van der Waals surface area contributed by atoms with Gasteiger partial charge >= 0.3 is 5.97 Å². The van der Waals surface area contributed by atoms with Crippen LogP contribution in [0.4, 0.5) is 87.8 Å². The third-order valence-corrected chi connectivity index (χ3v) is 9.28. The lowest BCUT2D eigenvalue weighted by Gasteiger charge is -2.44. The van der Waals surface area contributed by atoms with E-state index in [9.17, 15) is 57.5 Å². The molecule has 25 heteroatoms. The van der Waals surface area contributed by atoms with Crippen molar-refractivity contribution in [3.63, 3.8) is 0 Å². The number of rotatable bonds is 7. The highest BCUT2D eigenvalue weighted by Gasteiger charge is 2.52. The van der Waals surface area contributed by atoms with Crippen molar-refractivity contribution in [2.24, 2.45) is 0 Å². The maximum Gasteiger partial charge on any atom is 0.363 e. The van der Waals surface area contributed by atoms with Crippen LogP contribution in [0.2, 0.25) is 0 Å². The number of nitrogens with zero attached hydrogens (tertiary/aromatic N) is 2. The second kappa shape index (κ2) is 18.1. The van der Waals surface area contributed by atoms with Gasteiger partial charge in [0, 0.05) is 5.56 Å². The molecule has 0 atom stereocenters. The quantitative estimate of drug-likeness (QED) is 0.0405. The second-order valence-electron chi connectivity index (χ2n) is 14.4. The molecule has 0 bridgehead atoms. The highest BCUT2D eigenvalue weighted by Crippen LogP contribution is 2.31. The summed E-state index contributed by atoms with van der Waals surface area (Å²) in [5.41, 5.74) is -13.4. The number of hydrogen-bond donors (Lipinski definition) is 0. The Morgan fingerprint density at radius 2 is 0.754 bits per heavy atom. The van der Waals surface area contributed by atoms with E-state index in [1.165, 1.54) is 5.56 Å². The van der Waals surface area contributed by atoms with Crippen molar-refractivity contribution in [2.45, 2.75) is 32.9 Å². The number of hydrogen-bond acceptors (Lipinski definition) is 3. The molecular weight excluding hydrogens is 931 g/mol. The van der Waals surface area contributed by atoms with Crippen molar-refractivity contribution >= 4 is 34.0 Å². The molecule has 344 valence electrons. The first-order valence-corrected chi connectivity index (χ1v) is 17.5. The Balaban J connectivity index is 0.000000330. The summed E-state index contributed by atoms with van der Waals surface area (Å²) >= 11 is 0. The van der Waals surface area contributed by atoms with Gasteiger partial charge in [-0.1, -0.05) is 30.3 Å². The van der Waals surface area contributed by atoms with E-state index in [1.54, 1.807) is 12.4 Å². The first-order chi connectivity index (χ1) is 30.1. The number of aromatic nitrogens is 2. The third kappa shape index (κ3) is 8.42. The van der Waals surface area contributed by atoms with Gasteiger partial charge in [0.15, 0.2) is 82.5 Å². The van der Waals surface area contributed by atoms with Gasteiger partial charge in [-0.05, 0) is 20.8 Å². The first-order valence-electron chi connectivity index (χ1n) is 17.5. The second-order valence-corrected chi connectivity index (χ2v) is 14.4. The summed E-state index contributed by atoms with van der Waals surface area (Å²) in [4.78, 5) is 16.0. The van der Waals surface area contributed by atoms with Gasteiger partial charge < -0.3 is 4.74 Å². The Kier molecular flexibility index (Phi) is 13.7. The number of carbonyl (C=O) groups excluding carboxylic acids is 1. The van der Waals surface area contributed by atoms with Gasteiger partial charge in [0.05, 0.1) is 6.20 Å². The van der Waals surface area contributed by atoms with E-state index in [1.807, 2.05) is 61.9 Å². The van der Waals surface area contributed by atoms with Crippen molar-refractivity contribution in [2.75, 3.05) is 0 Å². The number of halogens is 20.